The first-order chi connectivity index (χ1) is 14.5. The van der Waals surface area contributed by atoms with Crippen molar-refractivity contribution in [3.63, 3.8) is 0 Å². The smallest absolute Gasteiger partial charge is 0.251 e. The average Bonchev–Trinajstić information content (AvgIpc) is 2.84. The van der Waals surface area contributed by atoms with E-state index in [0.717, 1.165) is 39.3 Å². The average molecular weight is 417 g/mol. The Hall–Kier alpha value is -3.05. The second-order valence-electron chi connectivity index (χ2n) is 7.47. The Labute approximate surface area is 182 Å². The molecule has 4 nitrogen and oxygen atoms in total. The monoisotopic (exact) mass is 416 g/mol. The lowest BCUT2D eigenvalue weighted by Crippen LogP contribution is -2.36. The number of carbonyl (C=O) groups excluding carboxylic acids is 1. The van der Waals surface area contributed by atoms with E-state index in [9.17, 15) is 4.79 Å². The second-order valence-corrected chi connectivity index (χ2v) is 7.91. The molecule has 30 heavy (non-hydrogen) atoms. The number of hydrogen-bond acceptors (Lipinski definition) is 3. The number of methoxy groups -OCH3 is 1. The summed E-state index contributed by atoms with van der Waals surface area (Å²) in [5.41, 5.74) is 5.56. The Morgan fingerprint density at radius 2 is 1.87 bits per heavy atom. The Balaban J connectivity index is 1.85. The molecule has 0 radical (unpaired) electrons. The number of benzodiazepines with no additional fused rings is 1. The van der Waals surface area contributed by atoms with Gasteiger partial charge in [0.15, 0.2) is 0 Å². The Morgan fingerprint density at radius 3 is 2.57 bits per heavy atom. The molecule has 1 aliphatic heterocycles. The van der Waals surface area contributed by atoms with Crippen molar-refractivity contribution < 1.29 is 9.53 Å². The molecular weight excluding hydrogens is 395 g/mol. The predicted molar refractivity (Wildman–Crippen MR) is 126 cm³/mol. The van der Waals surface area contributed by atoms with Gasteiger partial charge < -0.3 is 9.64 Å². The predicted octanol–water partition coefficient (Wildman–Crippen LogP) is 3.03. The van der Waals surface area contributed by atoms with E-state index in [1.54, 1.807) is 25.1 Å². The van der Waals surface area contributed by atoms with Crippen molar-refractivity contribution in [2.75, 3.05) is 19.1 Å². The van der Waals surface area contributed by atoms with Crippen LogP contribution in [0.4, 0.5) is 5.69 Å². The highest BCUT2D eigenvalue weighted by molar-refractivity contribution is 6.32. The number of likely N-dealkylation sites (N-methyl/N-ethyl adjacent to an activating group) is 1. The van der Waals surface area contributed by atoms with E-state index in [1.165, 1.54) is 0 Å². The number of aliphatic imine (C=N–C) groups is 1. The molecule has 3 aromatic rings. The number of carbonyl (C=O) groups is 1. The fourth-order valence-electron chi connectivity index (χ4n) is 3.79. The number of fused-ring (bicyclic) bond motifs is 1. The van der Waals surface area contributed by atoms with Gasteiger partial charge in [0.2, 0.25) is 0 Å². The van der Waals surface area contributed by atoms with Crippen LogP contribution in [0.2, 0.25) is 5.02 Å². The molecule has 1 atom stereocenters. The fourth-order valence-corrected chi connectivity index (χ4v) is 3.96. The van der Waals surface area contributed by atoms with E-state index in [0.29, 0.717) is 11.4 Å². The minimum Gasteiger partial charge on any atom is -0.497 e. The molecule has 1 amide bonds. The standard InChI is InChI=1S/C24H22BClN2O2/c1-28-22-11-8-18(26)14-20(22)23(16-6-9-19(30-2)10-7-16)27-21(24(28)29)13-15-4-3-5-17(25)12-15/h3-12,14,21H,13,25H2,1-2H3. The van der Waals surface area contributed by atoms with Crippen molar-refractivity contribution in [3.05, 3.63) is 88.4 Å². The van der Waals surface area contributed by atoms with Crippen molar-refractivity contribution in [2.45, 2.75) is 12.5 Å². The summed E-state index contributed by atoms with van der Waals surface area (Å²) in [7, 11) is 5.48. The van der Waals surface area contributed by atoms with Gasteiger partial charge in [-0.25, -0.2) is 0 Å². The van der Waals surface area contributed by atoms with Gasteiger partial charge >= 0.3 is 0 Å². The number of halogens is 1. The van der Waals surface area contributed by atoms with Crippen LogP contribution in [0.5, 0.6) is 5.75 Å². The van der Waals surface area contributed by atoms with Crippen LogP contribution >= 0.6 is 11.6 Å². The summed E-state index contributed by atoms with van der Waals surface area (Å²) >= 11 is 6.32. The lowest BCUT2D eigenvalue weighted by molar-refractivity contribution is -0.119. The lowest BCUT2D eigenvalue weighted by atomic mass is 9.92. The lowest BCUT2D eigenvalue weighted by Gasteiger charge is -2.20. The molecule has 1 unspecified atom stereocenters. The van der Waals surface area contributed by atoms with Crippen LogP contribution in [0.25, 0.3) is 0 Å². The SMILES string of the molecule is Bc1cccc(CC2N=C(c3ccc(OC)cc3)c3cc(Cl)ccc3N(C)C2=O)c1. The molecule has 4 rings (SSSR count). The molecule has 0 fully saturated rings. The molecule has 0 aliphatic carbocycles. The van der Waals surface area contributed by atoms with E-state index in [2.05, 4.69) is 20.0 Å². The van der Waals surface area contributed by atoms with Crippen molar-refractivity contribution in [3.8, 4) is 5.75 Å². The summed E-state index contributed by atoms with van der Waals surface area (Å²) in [4.78, 5) is 20.0. The van der Waals surface area contributed by atoms with E-state index in [4.69, 9.17) is 21.3 Å². The van der Waals surface area contributed by atoms with Gasteiger partial charge in [0.25, 0.3) is 5.91 Å². The summed E-state index contributed by atoms with van der Waals surface area (Å²) in [5, 5.41) is 0.605. The summed E-state index contributed by atoms with van der Waals surface area (Å²) in [6.07, 6.45) is 0.534. The third-order valence-electron chi connectivity index (χ3n) is 5.35. The number of anilines is 1. The zero-order valence-corrected chi connectivity index (χ0v) is 18.0. The van der Waals surface area contributed by atoms with Gasteiger partial charge in [-0.1, -0.05) is 41.3 Å². The molecule has 0 bridgehead atoms. The van der Waals surface area contributed by atoms with Gasteiger partial charge in [0.1, 0.15) is 19.6 Å². The molecule has 1 heterocycles. The first-order valence-corrected chi connectivity index (χ1v) is 10.2. The quantitative estimate of drug-likeness (QED) is 0.614. The van der Waals surface area contributed by atoms with Gasteiger partial charge in [-0.15, -0.1) is 0 Å². The van der Waals surface area contributed by atoms with Gasteiger partial charge in [-0.3, -0.25) is 9.79 Å². The summed E-state index contributed by atoms with van der Waals surface area (Å²) in [5.74, 6) is 0.729. The highest BCUT2D eigenvalue weighted by Gasteiger charge is 2.30. The van der Waals surface area contributed by atoms with Crippen molar-refractivity contribution in [1.82, 2.24) is 0 Å². The molecule has 150 valence electrons. The molecule has 0 spiro atoms. The Morgan fingerprint density at radius 1 is 1.10 bits per heavy atom. The van der Waals surface area contributed by atoms with Crippen LogP contribution < -0.4 is 15.1 Å². The molecule has 1 aliphatic rings. The zero-order valence-electron chi connectivity index (χ0n) is 17.2. The molecule has 0 saturated carbocycles. The van der Waals surface area contributed by atoms with Crippen LogP contribution in [-0.2, 0) is 11.2 Å². The maximum atomic E-state index is 13.3. The molecule has 6 heteroatoms. The van der Waals surface area contributed by atoms with E-state index in [-0.39, 0.29) is 5.91 Å². The zero-order chi connectivity index (χ0) is 21.3. The number of nitrogens with zero attached hydrogens (tertiary/aromatic N) is 2. The third kappa shape index (κ3) is 3.98. The summed E-state index contributed by atoms with van der Waals surface area (Å²) in [6.45, 7) is 0. The molecule has 0 aromatic heterocycles. The number of ether oxygens (including phenoxy) is 1. The minimum atomic E-state index is -0.528. The first-order valence-electron chi connectivity index (χ1n) is 9.81. The molecule has 0 N–H and O–H groups in total. The van der Waals surface area contributed by atoms with Crippen LogP contribution in [0, 0.1) is 0 Å². The van der Waals surface area contributed by atoms with E-state index >= 15 is 0 Å². The van der Waals surface area contributed by atoms with E-state index in [1.807, 2.05) is 48.5 Å². The molecule has 3 aromatic carbocycles. The van der Waals surface area contributed by atoms with Crippen molar-refractivity contribution in [2.24, 2.45) is 4.99 Å². The van der Waals surface area contributed by atoms with Crippen LogP contribution in [0.3, 0.4) is 0 Å². The van der Waals surface area contributed by atoms with Crippen molar-refractivity contribution >= 4 is 42.2 Å². The Kier molecular flexibility index (Phi) is 5.64. The Bertz CT molecular complexity index is 1130. The topological polar surface area (TPSA) is 41.9 Å². The van der Waals surface area contributed by atoms with Crippen LogP contribution in [0.15, 0.2) is 71.7 Å². The third-order valence-corrected chi connectivity index (χ3v) is 5.59. The second kappa shape index (κ2) is 8.37. The first kappa shape index (κ1) is 20.2. The van der Waals surface area contributed by atoms with Crippen LogP contribution in [-0.4, -0.2) is 39.7 Å². The number of amides is 1. The molecular formula is C24H22BClN2O2. The maximum absolute atomic E-state index is 13.3. The highest BCUT2D eigenvalue weighted by Crippen LogP contribution is 2.31. The van der Waals surface area contributed by atoms with Crippen LogP contribution in [0.1, 0.15) is 16.7 Å². The minimum absolute atomic E-state index is 0.0383. The summed E-state index contributed by atoms with van der Waals surface area (Å²) < 4.78 is 5.29. The normalized spacial score (nSPS) is 16.0. The van der Waals surface area contributed by atoms with Gasteiger partial charge in [-0.2, -0.15) is 0 Å². The van der Waals surface area contributed by atoms with Gasteiger partial charge in [0.05, 0.1) is 18.5 Å². The fraction of sp³-hybridized carbons (Fsp3) is 0.167. The van der Waals surface area contributed by atoms with Gasteiger partial charge in [0, 0.05) is 29.6 Å². The highest BCUT2D eigenvalue weighted by atomic mass is 35.5. The largest absolute Gasteiger partial charge is 0.497 e. The number of benzene rings is 3. The molecule has 0 saturated heterocycles. The van der Waals surface area contributed by atoms with Gasteiger partial charge in [-0.05, 0) is 48.0 Å². The summed E-state index contributed by atoms with van der Waals surface area (Å²) in [6, 6.07) is 20.9. The number of rotatable bonds is 4. The number of hydrogen-bond donors (Lipinski definition) is 0. The van der Waals surface area contributed by atoms with Crippen molar-refractivity contribution in [1.29, 1.82) is 0 Å². The van der Waals surface area contributed by atoms with E-state index < -0.39 is 6.04 Å². The maximum Gasteiger partial charge on any atom is 0.251 e.